The Morgan fingerprint density at radius 3 is 2.78 bits per heavy atom. The standard InChI is InChI=1S/C14H17BrN2O/c1-14(2,18)10-7-9(10)13-16-11-5-4-8(15)6-12(11)17(13)3/h4-6,9-10,18H,7H2,1-3H3. The molecule has 0 bridgehead atoms. The Balaban J connectivity index is 2.02. The van der Waals surface area contributed by atoms with Gasteiger partial charge in [-0.3, -0.25) is 0 Å². The maximum atomic E-state index is 10.1. The molecule has 96 valence electrons. The fourth-order valence-corrected chi connectivity index (χ4v) is 3.12. The highest BCUT2D eigenvalue weighted by Gasteiger charge is 2.49. The molecule has 0 aliphatic heterocycles. The number of aliphatic hydroxyl groups is 1. The summed E-state index contributed by atoms with van der Waals surface area (Å²) in [6, 6.07) is 6.14. The SMILES string of the molecule is Cn1c(C2CC2C(C)(C)O)nc2ccc(Br)cc21. The average Bonchev–Trinajstić information content (AvgIpc) is 3.01. The summed E-state index contributed by atoms with van der Waals surface area (Å²) in [5.41, 5.74) is 1.56. The first kappa shape index (κ1) is 12.2. The molecule has 1 fully saturated rings. The molecule has 1 aromatic heterocycles. The third kappa shape index (κ3) is 1.88. The number of fused-ring (bicyclic) bond motifs is 1. The highest BCUT2D eigenvalue weighted by Crippen LogP contribution is 2.53. The van der Waals surface area contributed by atoms with Crippen LogP contribution in [0, 0.1) is 5.92 Å². The zero-order valence-electron chi connectivity index (χ0n) is 10.8. The minimum atomic E-state index is -0.608. The molecule has 0 spiro atoms. The van der Waals surface area contributed by atoms with Gasteiger partial charge in [0.1, 0.15) is 5.82 Å². The van der Waals surface area contributed by atoms with E-state index in [1.54, 1.807) is 0 Å². The number of imidazole rings is 1. The number of benzene rings is 1. The predicted molar refractivity (Wildman–Crippen MR) is 75.6 cm³/mol. The predicted octanol–water partition coefficient (Wildman–Crippen LogP) is 3.21. The van der Waals surface area contributed by atoms with Crippen LogP contribution in [0.5, 0.6) is 0 Å². The lowest BCUT2D eigenvalue weighted by atomic mass is 10.0. The van der Waals surface area contributed by atoms with E-state index in [1.165, 1.54) is 0 Å². The Hall–Kier alpha value is -0.870. The van der Waals surface area contributed by atoms with Crippen molar-refractivity contribution in [3.8, 4) is 0 Å². The summed E-state index contributed by atoms with van der Waals surface area (Å²) < 4.78 is 3.22. The Morgan fingerprint density at radius 2 is 2.17 bits per heavy atom. The number of aryl methyl sites for hydroxylation is 1. The van der Waals surface area contributed by atoms with Crippen LogP contribution < -0.4 is 0 Å². The molecule has 1 aromatic carbocycles. The summed E-state index contributed by atoms with van der Waals surface area (Å²) in [6.07, 6.45) is 1.03. The van der Waals surface area contributed by atoms with E-state index in [0.29, 0.717) is 11.8 Å². The number of hydrogen-bond acceptors (Lipinski definition) is 2. The summed E-state index contributed by atoms with van der Waals surface area (Å²) in [5.74, 6) is 1.81. The van der Waals surface area contributed by atoms with Gasteiger partial charge in [0.15, 0.2) is 0 Å². The van der Waals surface area contributed by atoms with Crippen molar-refractivity contribution < 1.29 is 5.11 Å². The number of nitrogens with zero attached hydrogens (tertiary/aromatic N) is 2. The molecule has 1 aliphatic rings. The van der Waals surface area contributed by atoms with E-state index >= 15 is 0 Å². The maximum Gasteiger partial charge on any atom is 0.113 e. The van der Waals surface area contributed by atoms with Gasteiger partial charge in [0.25, 0.3) is 0 Å². The third-order valence-corrected chi connectivity index (χ3v) is 4.40. The molecular weight excluding hydrogens is 292 g/mol. The van der Waals surface area contributed by atoms with Gasteiger partial charge in [0.05, 0.1) is 16.6 Å². The molecule has 1 heterocycles. The van der Waals surface area contributed by atoms with Crippen molar-refractivity contribution in [1.82, 2.24) is 9.55 Å². The Bertz CT molecular complexity index is 612. The van der Waals surface area contributed by atoms with Crippen LogP contribution in [0.4, 0.5) is 0 Å². The molecule has 0 amide bonds. The zero-order valence-corrected chi connectivity index (χ0v) is 12.4. The monoisotopic (exact) mass is 308 g/mol. The van der Waals surface area contributed by atoms with Crippen LogP contribution >= 0.6 is 15.9 Å². The molecule has 1 saturated carbocycles. The number of hydrogen-bond donors (Lipinski definition) is 1. The minimum Gasteiger partial charge on any atom is -0.390 e. The van der Waals surface area contributed by atoms with Crippen LogP contribution in [-0.4, -0.2) is 20.3 Å². The van der Waals surface area contributed by atoms with Crippen molar-refractivity contribution in [2.24, 2.45) is 13.0 Å². The van der Waals surface area contributed by atoms with E-state index in [1.807, 2.05) is 26.0 Å². The van der Waals surface area contributed by atoms with E-state index in [2.05, 4.69) is 33.6 Å². The van der Waals surface area contributed by atoms with Crippen LogP contribution in [0.25, 0.3) is 11.0 Å². The topological polar surface area (TPSA) is 38.0 Å². The first-order valence-electron chi connectivity index (χ1n) is 6.22. The molecule has 2 aromatic rings. The van der Waals surface area contributed by atoms with E-state index in [-0.39, 0.29) is 0 Å². The molecule has 1 N–H and O–H groups in total. The maximum absolute atomic E-state index is 10.1. The Morgan fingerprint density at radius 1 is 1.44 bits per heavy atom. The van der Waals surface area contributed by atoms with Crippen molar-refractivity contribution in [1.29, 1.82) is 0 Å². The number of rotatable bonds is 2. The first-order valence-corrected chi connectivity index (χ1v) is 7.01. The summed E-state index contributed by atoms with van der Waals surface area (Å²) in [7, 11) is 2.05. The second kappa shape index (κ2) is 3.81. The highest BCUT2D eigenvalue weighted by atomic mass is 79.9. The van der Waals surface area contributed by atoms with Crippen LogP contribution in [0.1, 0.15) is 32.0 Å². The largest absolute Gasteiger partial charge is 0.390 e. The van der Waals surface area contributed by atoms with Gasteiger partial charge in [-0.1, -0.05) is 15.9 Å². The summed E-state index contributed by atoms with van der Waals surface area (Å²) in [4.78, 5) is 4.71. The van der Waals surface area contributed by atoms with Gasteiger partial charge < -0.3 is 9.67 Å². The molecule has 2 atom stereocenters. The van der Waals surface area contributed by atoms with E-state index in [4.69, 9.17) is 4.98 Å². The van der Waals surface area contributed by atoms with Crippen molar-refractivity contribution >= 4 is 27.0 Å². The molecule has 4 heteroatoms. The lowest BCUT2D eigenvalue weighted by molar-refractivity contribution is 0.0542. The van der Waals surface area contributed by atoms with Gasteiger partial charge in [-0.2, -0.15) is 0 Å². The molecule has 0 saturated heterocycles. The fourth-order valence-electron chi connectivity index (χ4n) is 2.77. The van der Waals surface area contributed by atoms with Crippen LogP contribution in [-0.2, 0) is 7.05 Å². The third-order valence-electron chi connectivity index (χ3n) is 3.91. The molecule has 2 unspecified atom stereocenters. The smallest absolute Gasteiger partial charge is 0.113 e. The van der Waals surface area contributed by atoms with Gasteiger partial charge in [-0.25, -0.2) is 4.98 Å². The molecule has 3 nitrogen and oxygen atoms in total. The average molecular weight is 309 g/mol. The highest BCUT2D eigenvalue weighted by molar-refractivity contribution is 9.10. The quantitative estimate of drug-likeness (QED) is 0.925. The summed E-state index contributed by atoms with van der Waals surface area (Å²) >= 11 is 3.49. The normalized spacial score (nSPS) is 23.6. The van der Waals surface area contributed by atoms with Crippen molar-refractivity contribution in [2.45, 2.75) is 31.8 Å². The molecule has 0 radical (unpaired) electrons. The molecule has 18 heavy (non-hydrogen) atoms. The van der Waals surface area contributed by atoms with Gasteiger partial charge >= 0.3 is 0 Å². The molecule has 3 rings (SSSR count). The minimum absolute atomic E-state index is 0.330. The summed E-state index contributed by atoms with van der Waals surface area (Å²) in [5, 5.41) is 10.1. The second-order valence-corrected chi connectivity index (χ2v) is 6.68. The Labute approximate surface area is 115 Å². The van der Waals surface area contributed by atoms with Crippen LogP contribution in [0.2, 0.25) is 0 Å². The van der Waals surface area contributed by atoms with E-state index < -0.39 is 5.60 Å². The Kier molecular flexibility index (Phi) is 2.58. The van der Waals surface area contributed by atoms with E-state index in [9.17, 15) is 5.11 Å². The zero-order chi connectivity index (χ0) is 13.1. The van der Waals surface area contributed by atoms with Crippen molar-refractivity contribution in [3.05, 3.63) is 28.5 Å². The fraction of sp³-hybridized carbons (Fsp3) is 0.500. The van der Waals surface area contributed by atoms with Gasteiger partial charge in [0, 0.05) is 17.4 Å². The van der Waals surface area contributed by atoms with Crippen LogP contribution in [0.15, 0.2) is 22.7 Å². The first-order chi connectivity index (χ1) is 8.38. The summed E-state index contributed by atoms with van der Waals surface area (Å²) in [6.45, 7) is 3.77. The second-order valence-electron chi connectivity index (χ2n) is 5.76. The lowest BCUT2D eigenvalue weighted by Crippen LogP contribution is -2.22. The van der Waals surface area contributed by atoms with Gasteiger partial charge in [-0.15, -0.1) is 0 Å². The lowest BCUT2D eigenvalue weighted by Gasteiger charge is -2.16. The number of halogens is 1. The molecular formula is C14H17BrN2O. The van der Waals surface area contributed by atoms with Crippen molar-refractivity contribution in [2.75, 3.05) is 0 Å². The van der Waals surface area contributed by atoms with E-state index in [0.717, 1.165) is 27.8 Å². The molecule has 1 aliphatic carbocycles. The van der Waals surface area contributed by atoms with Gasteiger partial charge in [0.2, 0.25) is 0 Å². The van der Waals surface area contributed by atoms with Gasteiger partial charge in [-0.05, 0) is 44.4 Å². The number of aromatic nitrogens is 2. The van der Waals surface area contributed by atoms with Crippen LogP contribution in [0.3, 0.4) is 0 Å². The van der Waals surface area contributed by atoms with Crippen molar-refractivity contribution in [3.63, 3.8) is 0 Å².